The molecule has 126 valence electrons. The van der Waals surface area contributed by atoms with Gasteiger partial charge in [-0.25, -0.2) is 19.5 Å². The Hall–Kier alpha value is -3.00. The van der Waals surface area contributed by atoms with Gasteiger partial charge in [0.15, 0.2) is 0 Å². The zero-order valence-electron chi connectivity index (χ0n) is 13.5. The highest BCUT2D eigenvalue weighted by molar-refractivity contribution is 5.79. The Bertz CT molecular complexity index is 1030. The summed E-state index contributed by atoms with van der Waals surface area (Å²) in [6.45, 7) is 1.59. The molecule has 0 aromatic carbocycles. The molecule has 1 N–H and O–H groups in total. The summed E-state index contributed by atoms with van der Waals surface area (Å²) in [6, 6.07) is 2.02. The van der Waals surface area contributed by atoms with Gasteiger partial charge in [-0.2, -0.15) is 0 Å². The average molecular weight is 335 g/mol. The van der Waals surface area contributed by atoms with E-state index in [-0.39, 0.29) is 6.10 Å². The van der Waals surface area contributed by atoms with E-state index >= 15 is 0 Å². The fourth-order valence-electron chi connectivity index (χ4n) is 3.19. The first-order chi connectivity index (χ1) is 12.4. The molecule has 1 atom stereocenters. The summed E-state index contributed by atoms with van der Waals surface area (Å²) in [5.41, 5.74) is 2.97. The van der Waals surface area contributed by atoms with Crippen LogP contribution in [0, 0.1) is 0 Å². The predicted octanol–water partition coefficient (Wildman–Crippen LogP) is 2.03. The fraction of sp³-hybridized carbons (Fsp3) is 0.294. The molecule has 4 aromatic heterocycles. The second-order valence-corrected chi connectivity index (χ2v) is 6.13. The molecule has 1 saturated heterocycles. The van der Waals surface area contributed by atoms with Crippen molar-refractivity contribution < 1.29 is 4.74 Å². The van der Waals surface area contributed by atoms with Gasteiger partial charge in [-0.1, -0.05) is 0 Å². The minimum absolute atomic E-state index is 0.257. The van der Waals surface area contributed by atoms with Gasteiger partial charge < -0.3 is 10.1 Å². The molecule has 8 heteroatoms. The van der Waals surface area contributed by atoms with E-state index in [0.717, 1.165) is 42.6 Å². The molecule has 0 bridgehead atoms. The maximum atomic E-state index is 5.61. The van der Waals surface area contributed by atoms with Crippen LogP contribution in [0.1, 0.15) is 12.8 Å². The van der Waals surface area contributed by atoms with E-state index in [0.29, 0.717) is 11.7 Å². The lowest BCUT2D eigenvalue weighted by Crippen LogP contribution is -2.20. The molecule has 0 radical (unpaired) electrons. The molecular weight excluding hydrogens is 318 g/mol. The molecule has 4 aromatic rings. The molecule has 0 aliphatic carbocycles. The molecule has 0 amide bonds. The zero-order valence-corrected chi connectivity index (χ0v) is 13.5. The minimum atomic E-state index is 0.257. The number of hydrogen-bond donors (Lipinski definition) is 1. The molecule has 5 heterocycles. The summed E-state index contributed by atoms with van der Waals surface area (Å²) < 4.78 is 9.34. The molecular formula is C17H17N7O. The molecule has 1 aliphatic rings. The topological polar surface area (TPSA) is 81.6 Å². The Morgan fingerprint density at radius 2 is 2.20 bits per heavy atom. The van der Waals surface area contributed by atoms with E-state index < -0.39 is 0 Å². The molecule has 0 spiro atoms. The third kappa shape index (κ3) is 2.60. The summed E-state index contributed by atoms with van der Waals surface area (Å²) in [5.74, 6) is 1.29. The van der Waals surface area contributed by atoms with Crippen molar-refractivity contribution in [2.24, 2.45) is 0 Å². The maximum Gasteiger partial charge on any atom is 0.241 e. The van der Waals surface area contributed by atoms with Gasteiger partial charge in [-0.3, -0.25) is 4.40 Å². The van der Waals surface area contributed by atoms with Gasteiger partial charge in [-0.15, -0.1) is 5.10 Å². The zero-order chi connectivity index (χ0) is 16.6. The van der Waals surface area contributed by atoms with Crippen molar-refractivity contribution in [2.45, 2.75) is 18.9 Å². The lowest BCUT2D eigenvalue weighted by atomic mass is 10.1. The number of aromatic nitrogens is 6. The number of ether oxygens (including phenoxy) is 1. The molecule has 1 unspecified atom stereocenters. The van der Waals surface area contributed by atoms with E-state index in [1.807, 2.05) is 46.0 Å². The lowest BCUT2D eigenvalue weighted by Gasteiger charge is -2.10. The second kappa shape index (κ2) is 5.82. The van der Waals surface area contributed by atoms with Crippen LogP contribution in [0.3, 0.4) is 0 Å². The van der Waals surface area contributed by atoms with Crippen molar-refractivity contribution in [3.8, 4) is 11.1 Å². The molecule has 25 heavy (non-hydrogen) atoms. The van der Waals surface area contributed by atoms with Gasteiger partial charge in [0.1, 0.15) is 0 Å². The van der Waals surface area contributed by atoms with Crippen molar-refractivity contribution >= 4 is 17.2 Å². The van der Waals surface area contributed by atoms with E-state index in [4.69, 9.17) is 4.74 Å². The Balaban J connectivity index is 1.44. The second-order valence-electron chi connectivity index (χ2n) is 6.13. The number of fused-ring (bicyclic) bond motifs is 2. The standard InChI is InChI=1S/C17H17N7O/c1-2-13(25-7-1)9-19-16-20-10-15-14(3-5-24(15)22-16)12-8-21-17-18-4-6-23(17)11-12/h3-6,8,10-11,13H,1-2,7,9H2,(H,19,22). The Morgan fingerprint density at radius 3 is 3.12 bits per heavy atom. The van der Waals surface area contributed by atoms with Crippen LogP contribution in [-0.4, -0.2) is 48.2 Å². The average Bonchev–Trinajstić information content (AvgIpc) is 3.38. The number of rotatable bonds is 4. The monoisotopic (exact) mass is 335 g/mol. The van der Waals surface area contributed by atoms with Crippen LogP contribution in [-0.2, 0) is 4.74 Å². The summed E-state index contributed by atoms with van der Waals surface area (Å²) in [4.78, 5) is 13.0. The number of anilines is 1. The molecule has 8 nitrogen and oxygen atoms in total. The van der Waals surface area contributed by atoms with E-state index in [1.54, 1.807) is 6.20 Å². The highest BCUT2D eigenvalue weighted by atomic mass is 16.5. The maximum absolute atomic E-state index is 5.61. The van der Waals surface area contributed by atoms with E-state index in [1.165, 1.54) is 0 Å². The molecule has 1 aliphatic heterocycles. The lowest BCUT2D eigenvalue weighted by molar-refractivity contribution is 0.120. The van der Waals surface area contributed by atoms with Gasteiger partial charge in [0.05, 0.1) is 17.8 Å². The highest BCUT2D eigenvalue weighted by Gasteiger charge is 2.16. The van der Waals surface area contributed by atoms with Gasteiger partial charge in [0.2, 0.25) is 11.7 Å². The first kappa shape index (κ1) is 14.4. The third-order valence-corrected chi connectivity index (χ3v) is 4.49. The normalized spacial score (nSPS) is 17.5. The van der Waals surface area contributed by atoms with Crippen LogP contribution in [0.4, 0.5) is 5.95 Å². The van der Waals surface area contributed by atoms with Crippen molar-refractivity contribution in [2.75, 3.05) is 18.5 Å². The summed E-state index contributed by atoms with van der Waals surface area (Å²) in [6.07, 6.45) is 13.7. The molecule has 1 fully saturated rings. The largest absolute Gasteiger partial charge is 0.376 e. The first-order valence-electron chi connectivity index (χ1n) is 8.36. The highest BCUT2D eigenvalue weighted by Crippen LogP contribution is 2.24. The van der Waals surface area contributed by atoms with Crippen LogP contribution >= 0.6 is 0 Å². The van der Waals surface area contributed by atoms with Crippen LogP contribution in [0.25, 0.3) is 22.4 Å². The van der Waals surface area contributed by atoms with Gasteiger partial charge >= 0.3 is 0 Å². The SMILES string of the molecule is c1cn2cc(-c3ccn4nc(NCC5CCCO5)ncc34)cnc2n1. The minimum Gasteiger partial charge on any atom is -0.376 e. The van der Waals surface area contributed by atoms with Crippen LogP contribution in [0.5, 0.6) is 0 Å². The predicted molar refractivity (Wildman–Crippen MR) is 92.4 cm³/mol. The van der Waals surface area contributed by atoms with E-state index in [2.05, 4.69) is 25.4 Å². The number of imidazole rings is 1. The van der Waals surface area contributed by atoms with Crippen molar-refractivity contribution in [1.29, 1.82) is 0 Å². The third-order valence-electron chi connectivity index (χ3n) is 4.49. The van der Waals surface area contributed by atoms with Crippen LogP contribution in [0.2, 0.25) is 0 Å². The van der Waals surface area contributed by atoms with Gasteiger partial charge in [0.25, 0.3) is 0 Å². The number of nitrogens with zero attached hydrogens (tertiary/aromatic N) is 6. The Labute approximate surface area is 143 Å². The van der Waals surface area contributed by atoms with Crippen molar-refractivity contribution in [1.82, 2.24) is 29.0 Å². The summed E-state index contributed by atoms with van der Waals surface area (Å²) >= 11 is 0. The fourth-order valence-corrected chi connectivity index (χ4v) is 3.19. The Morgan fingerprint density at radius 1 is 1.20 bits per heavy atom. The number of hydrogen-bond acceptors (Lipinski definition) is 6. The van der Waals surface area contributed by atoms with Crippen molar-refractivity contribution in [3.05, 3.63) is 43.2 Å². The molecule has 5 rings (SSSR count). The van der Waals surface area contributed by atoms with Crippen LogP contribution in [0.15, 0.2) is 43.2 Å². The van der Waals surface area contributed by atoms with Gasteiger partial charge in [-0.05, 0) is 18.9 Å². The summed E-state index contributed by atoms with van der Waals surface area (Å²) in [7, 11) is 0. The summed E-state index contributed by atoms with van der Waals surface area (Å²) in [5, 5.41) is 7.79. The number of nitrogens with one attached hydrogen (secondary N) is 1. The smallest absolute Gasteiger partial charge is 0.241 e. The van der Waals surface area contributed by atoms with E-state index in [9.17, 15) is 0 Å². The molecule has 0 saturated carbocycles. The first-order valence-corrected chi connectivity index (χ1v) is 8.36. The Kier molecular flexibility index (Phi) is 3.34. The van der Waals surface area contributed by atoms with Crippen LogP contribution < -0.4 is 5.32 Å². The van der Waals surface area contributed by atoms with Gasteiger partial charge in [0, 0.05) is 55.3 Å². The quantitative estimate of drug-likeness (QED) is 0.614. The van der Waals surface area contributed by atoms with Crippen molar-refractivity contribution in [3.63, 3.8) is 0 Å².